The Morgan fingerprint density at radius 2 is 1.54 bits per heavy atom. The van der Waals surface area contributed by atoms with Gasteiger partial charge < -0.3 is 15.1 Å². The Labute approximate surface area is 217 Å². The fourth-order valence-electron chi connectivity index (χ4n) is 4.66. The van der Waals surface area contributed by atoms with E-state index in [9.17, 15) is 9.59 Å². The molecule has 0 bridgehead atoms. The highest BCUT2D eigenvalue weighted by Crippen LogP contribution is 2.23. The van der Waals surface area contributed by atoms with E-state index in [1.807, 2.05) is 108 Å². The van der Waals surface area contributed by atoms with E-state index in [4.69, 9.17) is 5.10 Å². The minimum atomic E-state index is -0.128. The monoisotopic (exact) mass is 493 g/mol. The smallest absolute Gasteiger partial charge is 0.317 e. The Hall–Kier alpha value is -4.39. The first-order valence-electron chi connectivity index (χ1n) is 12.7. The number of para-hydroxylation sites is 1. The summed E-state index contributed by atoms with van der Waals surface area (Å²) in [5.41, 5.74) is 5.50. The molecule has 0 unspecified atom stereocenters. The van der Waals surface area contributed by atoms with Crippen molar-refractivity contribution < 1.29 is 9.59 Å². The largest absolute Gasteiger partial charge is 0.337 e. The Morgan fingerprint density at radius 3 is 2.30 bits per heavy atom. The normalized spacial score (nSPS) is 13.8. The van der Waals surface area contributed by atoms with E-state index in [-0.39, 0.29) is 11.9 Å². The van der Waals surface area contributed by atoms with Crippen molar-refractivity contribution in [1.82, 2.24) is 24.9 Å². The van der Waals surface area contributed by atoms with Gasteiger partial charge >= 0.3 is 6.03 Å². The van der Waals surface area contributed by atoms with E-state index in [0.29, 0.717) is 38.3 Å². The van der Waals surface area contributed by atoms with E-state index < -0.39 is 0 Å². The highest BCUT2D eigenvalue weighted by Gasteiger charge is 2.23. The predicted octanol–water partition coefficient (Wildman–Crippen LogP) is 4.91. The number of hydrogen-bond acceptors (Lipinski definition) is 3. The molecule has 0 atom stereocenters. The summed E-state index contributed by atoms with van der Waals surface area (Å²) in [6, 6.07) is 27.5. The molecule has 7 nitrogen and oxygen atoms in total. The van der Waals surface area contributed by atoms with Crippen molar-refractivity contribution in [3.05, 3.63) is 108 Å². The van der Waals surface area contributed by atoms with Gasteiger partial charge in [0.1, 0.15) is 0 Å². The van der Waals surface area contributed by atoms with Crippen LogP contribution in [-0.4, -0.2) is 57.7 Å². The van der Waals surface area contributed by atoms with Crippen LogP contribution >= 0.6 is 0 Å². The second kappa shape index (κ2) is 11.1. The standard InChI is InChI=1S/C30H31N5O2/c1-23-10-8-13-25(20-23)29(36)33-16-9-17-34(19-18-33)30(37)31-21-26-22-35(27-14-6-3-7-15-27)32-28(26)24-11-4-2-5-12-24/h2-8,10-15,20,22H,9,16-19,21H2,1H3,(H,31,37). The number of hydrogen-bond donors (Lipinski definition) is 1. The highest BCUT2D eigenvalue weighted by molar-refractivity contribution is 5.94. The first-order valence-corrected chi connectivity index (χ1v) is 12.7. The second-order valence-corrected chi connectivity index (χ2v) is 9.31. The quantitative estimate of drug-likeness (QED) is 0.430. The Bertz CT molecular complexity index is 1370. The van der Waals surface area contributed by atoms with E-state index >= 15 is 0 Å². The number of nitrogens with zero attached hydrogens (tertiary/aromatic N) is 4. The number of urea groups is 1. The molecule has 1 aliphatic heterocycles. The lowest BCUT2D eigenvalue weighted by Gasteiger charge is -2.22. The van der Waals surface area contributed by atoms with E-state index in [1.54, 1.807) is 4.90 Å². The number of nitrogens with one attached hydrogen (secondary N) is 1. The molecule has 7 heteroatoms. The Kier molecular flexibility index (Phi) is 7.31. The minimum absolute atomic E-state index is 0.0202. The summed E-state index contributed by atoms with van der Waals surface area (Å²) >= 11 is 0. The van der Waals surface area contributed by atoms with Gasteiger partial charge in [0.25, 0.3) is 5.91 Å². The number of amides is 3. The van der Waals surface area contributed by atoms with Crippen LogP contribution in [-0.2, 0) is 6.54 Å². The van der Waals surface area contributed by atoms with Crippen LogP contribution in [0.15, 0.2) is 91.1 Å². The van der Waals surface area contributed by atoms with Crippen molar-refractivity contribution in [3.63, 3.8) is 0 Å². The average Bonchev–Trinajstić information content (AvgIpc) is 3.21. The summed E-state index contributed by atoms with van der Waals surface area (Å²) in [6.45, 7) is 4.60. The summed E-state index contributed by atoms with van der Waals surface area (Å²) in [5, 5.41) is 7.91. The molecule has 188 valence electrons. The summed E-state index contributed by atoms with van der Waals surface area (Å²) in [6.07, 6.45) is 2.72. The number of aromatic nitrogens is 2. The van der Waals surface area contributed by atoms with Gasteiger partial charge in [0, 0.05) is 55.6 Å². The third-order valence-electron chi connectivity index (χ3n) is 6.62. The van der Waals surface area contributed by atoms with Crippen LogP contribution in [0, 0.1) is 6.92 Å². The maximum absolute atomic E-state index is 13.1. The van der Waals surface area contributed by atoms with E-state index in [1.165, 1.54) is 0 Å². The van der Waals surface area contributed by atoms with Gasteiger partial charge in [0.2, 0.25) is 0 Å². The van der Waals surface area contributed by atoms with Gasteiger partial charge in [-0.25, -0.2) is 9.48 Å². The molecule has 5 rings (SSSR count). The van der Waals surface area contributed by atoms with Crippen molar-refractivity contribution in [2.45, 2.75) is 19.9 Å². The predicted molar refractivity (Wildman–Crippen MR) is 145 cm³/mol. The van der Waals surface area contributed by atoms with Crippen molar-refractivity contribution >= 4 is 11.9 Å². The molecule has 3 aromatic carbocycles. The fourth-order valence-corrected chi connectivity index (χ4v) is 4.66. The number of carbonyl (C=O) groups excluding carboxylic acids is 2. The molecule has 1 fully saturated rings. The maximum Gasteiger partial charge on any atom is 0.317 e. The van der Waals surface area contributed by atoms with Crippen LogP contribution in [0.4, 0.5) is 4.79 Å². The van der Waals surface area contributed by atoms with Crippen LogP contribution in [0.25, 0.3) is 16.9 Å². The number of carbonyl (C=O) groups is 2. The third kappa shape index (κ3) is 5.72. The lowest BCUT2D eigenvalue weighted by atomic mass is 10.1. The Morgan fingerprint density at radius 1 is 0.838 bits per heavy atom. The molecule has 4 aromatic rings. The molecule has 0 spiro atoms. The van der Waals surface area contributed by atoms with Crippen molar-refractivity contribution in [2.24, 2.45) is 0 Å². The van der Waals surface area contributed by atoms with Gasteiger partial charge in [-0.15, -0.1) is 0 Å². The van der Waals surface area contributed by atoms with E-state index in [0.717, 1.165) is 34.5 Å². The van der Waals surface area contributed by atoms with Crippen LogP contribution < -0.4 is 5.32 Å². The summed E-state index contributed by atoms with van der Waals surface area (Å²) in [4.78, 5) is 29.8. The zero-order chi connectivity index (χ0) is 25.6. The first-order chi connectivity index (χ1) is 18.1. The molecule has 0 aliphatic carbocycles. The number of benzene rings is 3. The maximum atomic E-state index is 13.1. The van der Waals surface area contributed by atoms with Crippen molar-refractivity contribution in [3.8, 4) is 16.9 Å². The zero-order valence-corrected chi connectivity index (χ0v) is 21.0. The molecule has 2 heterocycles. The molecular formula is C30H31N5O2. The highest BCUT2D eigenvalue weighted by atomic mass is 16.2. The van der Waals surface area contributed by atoms with Gasteiger partial charge in [-0.1, -0.05) is 66.2 Å². The lowest BCUT2D eigenvalue weighted by molar-refractivity contribution is 0.0762. The van der Waals surface area contributed by atoms with Crippen LogP contribution in [0.5, 0.6) is 0 Å². The molecule has 0 radical (unpaired) electrons. The molecule has 3 amide bonds. The van der Waals surface area contributed by atoms with Crippen molar-refractivity contribution in [1.29, 1.82) is 0 Å². The number of rotatable bonds is 5. The lowest BCUT2D eigenvalue weighted by Crippen LogP contribution is -2.42. The SMILES string of the molecule is Cc1cccc(C(=O)N2CCCN(C(=O)NCc3cn(-c4ccccc4)nc3-c3ccccc3)CC2)c1. The second-order valence-electron chi connectivity index (χ2n) is 9.31. The van der Waals surface area contributed by atoms with Gasteiger partial charge in [-0.3, -0.25) is 4.79 Å². The Balaban J connectivity index is 1.26. The number of aryl methyl sites for hydroxylation is 1. The third-order valence-corrected chi connectivity index (χ3v) is 6.62. The van der Waals surface area contributed by atoms with Crippen LogP contribution in [0.2, 0.25) is 0 Å². The van der Waals surface area contributed by atoms with E-state index in [2.05, 4.69) is 5.32 Å². The molecular weight excluding hydrogens is 462 g/mol. The van der Waals surface area contributed by atoms with Gasteiger partial charge in [0.05, 0.1) is 11.4 Å². The molecule has 0 saturated carbocycles. The molecule has 1 aliphatic rings. The van der Waals surface area contributed by atoms with Crippen LogP contribution in [0.1, 0.15) is 27.9 Å². The zero-order valence-electron chi connectivity index (χ0n) is 21.0. The van der Waals surface area contributed by atoms with Crippen molar-refractivity contribution in [2.75, 3.05) is 26.2 Å². The fraction of sp³-hybridized carbons (Fsp3) is 0.233. The average molecular weight is 494 g/mol. The minimum Gasteiger partial charge on any atom is -0.337 e. The first kappa shape index (κ1) is 24.3. The molecule has 1 N–H and O–H groups in total. The molecule has 1 aromatic heterocycles. The van der Waals surface area contributed by atoms with Gasteiger partial charge in [-0.05, 0) is 37.6 Å². The van der Waals surface area contributed by atoms with Gasteiger partial charge in [0.15, 0.2) is 0 Å². The molecule has 37 heavy (non-hydrogen) atoms. The summed E-state index contributed by atoms with van der Waals surface area (Å²) in [5.74, 6) is 0.0202. The summed E-state index contributed by atoms with van der Waals surface area (Å²) < 4.78 is 1.85. The summed E-state index contributed by atoms with van der Waals surface area (Å²) in [7, 11) is 0. The van der Waals surface area contributed by atoms with Crippen LogP contribution in [0.3, 0.4) is 0 Å². The van der Waals surface area contributed by atoms with Gasteiger partial charge in [-0.2, -0.15) is 5.10 Å². The topological polar surface area (TPSA) is 70.5 Å². The molecule has 1 saturated heterocycles.